The van der Waals surface area contributed by atoms with Crippen LogP contribution in [0.25, 0.3) is 0 Å². The molecule has 2 aromatic rings. The highest BCUT2D eigenvalue weighted by Gasteiger charge is 2.06. The Morgan fingerprint density at radius 1 is 1.37 bits per heavy atom. The maximum Gasteiger partial charge on any atom is 0.224 e. The molecule has 0 aliphatic rings. The molecule has 0 unspecified atom stereocenters. The molecular weight excluding hydrogens is 324 g/mol. The Morgan fingerprint density at radius 3 is 2.89 bits per heavy atom. The summed E-state index contributed by atoms with van der Waals surface area (Å²) in [4.78, 5) is 13.1. The Morgan fingerprint density at radius 2 is 2.21 bits per heavy atom. The molecule has 100 valence electrons. The molecule has 0 atom stereocenters. The molecule has 1 aromatic heterocycles. The first-order valence-electron chi connectivity index (χ1n) is 6.02. The largest absolute Gasteiger partial charge is 0.397 e. The number of nitrogens with one attached hydrogen (secondary N) is 1. The third kappa shape index (κ3) is 4.36. The van der Waals surface area contributed by atoms with Crippen molar-refractivity contribution in [1.29, 1.82) is 0 Å². The van der Waals surface area contributed by atoms with Gasteiger partial charge in [-0.3, -0.25) is 4.79 Å². The second kappa shape index (κ2) is 6.73. The lowest BCUT2D eigenvalue weighted by atomic mass is 10.2. The van der Waals surface area contributed by atoms with Crippen molar-refractivity contribution < 1.29 is 4.79 Å². The number of thiophene rings is 1. The smallest absolute Gasteiger partial charge is 0.224 e. The second-order valence-electron chi connectivity index (χ2n) is 4.21. The van der Waals surface area contributed by atoms with Crippen molar-refractivity contribution in [1.82, 2.24) is 0 Å². The Balaban J connectivity index is 1.80. The van der Waals surface area contributed by atoms with Crippen molar-refractivity contribution in [2.75, 3.05) is 11.1 Å². The highest BCUT2D eigenvalue weighted by molar-refractivity contribution is 9.10. The molecule has 2 rings (SSSR count). The average Bonchev–Trinajstić information content (AvgIpc) is 2.86. The second-order valence-corrected chi connectivity index (χ2v) is 6.16. The van der Waals surface area contributed by atoms with E-state index in [9.17, 15) is 4.79 Å². The van der Waals surface area contributed by atoms with Gasteiger partial charge in [0.2, 0.25) is 5.91 Å². The van der Waals surface area contributed by atoms with E-state index in [0.29, 0.717) is 17.8 Å². The molecule has 0 aliphatic heterocycles. The van der Waals surface area contributed by atoms with E-state index in [-0.39, 0.29) is 5.91 Å². The van der Waals surface area contributed by atoms with Crippen molar-refractivity contribution in [3.05, 3.63) is 45.1 Å². The lowest BCUT2D eigenvalue weighted by Gasteiger charge is -2.08. The minimum Gasteiger partial charge on any atom is -0.397 e. The van der Waals surface area contributed by atoms with Crippen LogP contribution >= 0.6 is 27.3 Å². The summed E-state index contributed by atoms with van der Waals surface area (Å²) in [5.74, 6) is 0.00517. The summed E-state index contributed by atoms with van der Waals surface area (Å²) < 4.78 is 0.903. The zero-order chi connectivity index (χ0) is 13.7. The number of nitrogen functional groups attached to an aromatic ring is 1. The molecule has 0 fully saturated rings. The van der Waals surface area contributed by atoms with Gasteiger partial charge in [-0.15, -0.1) is 11.3 Å². The molecule has 3 N–H and O–H groups in total. The van der Waals surface area contributed by atoms with E-state index in [1.165, 1.54) is 4.88 Å². The highest BCUT2D eigenvalue weighted by atomic mass is 79.9. The summed E-state index contributed by atoms with van der Waals surface area (Å²) in [7, 11) is 0. The van der Waals surface area contributed by atoms with Gasteiger partial charge < -0.3 is 11.1 Å². The third-order valence-corrected chi connectivity index (χ3v) is 4.12. The van der Waals surface area contributed by atoms with Crippen LogP contribution < -0.4 is 11.1 Å². The number of halogens is 1. The zero-order valence-corrected chi connectivity index (χ0v) is 12.8. The molecule has 0 radical (unpaired) electrons. The summed E-state index contributed by atoms with van der Waals surface area (Å²) in [6, 6.07) is 9.56. The first-order chi connectivity index (χ1) is 9.15. The van der Waals surface area contributed by atoms with Crippen LogP contribution in [0.4, 0.5) is 11.4 Å². The first kappa shape index (κ1) is 14.1. The molecule has 1 heterocycles. The van der Waals surface area contributed by atoms with Crippen LogP contribution in [0.3, 0.4) is 0 Å². The lowest BCUT2D eigenvalue weighted by Crippen LogP contribution is -2.12. The van der Waals surface area contributed by atoms with Crippen molar-refractivity contribution in [3.63, 3.8) is 0 Å². The number of carbonyl (C=O) groups excluding carboxylic acids is 1. The van der Waals surface area contributed by atoms with Crippen LogP contribution in [-0.4, -0.2) is 5.91 Å². The highest BCUT2D eigenvalue weighted by Crippen LogP contribution is 2.23. The molecule has 1 amide bonds. The number of rotatable bonds is 5. The van der Waals surface area contributed by atoms with E-state index in [1.807, 2.05) is 12.1 Å². The van der Waals surface area contributed by atoms with Crippen molar-refractivity contribution in [2.45, 2.75) is 19.3 Å². The molecule has 0 aliphatic carbocycles. The molecular formula is C14H15BrN2OS. The minimum atomic E-state index is 0.00517. The van der Waals surface area contributed by atoms with E-state index in [4.69, 9.17) is 5.73 Å². The maximum atomic E-state index is 11.8. The van der Waals surface area contributed by atoms with Gasteiger partial charge in [0.05, 0.1) is 11.4 Å². The number of benzene rings is 1. The van der Waals surface area contributed by atoms with Crippen molar-refractivity contribution >= 4 is 44.5 Å². The monoisotopic (exact) mass is 338 g/mol. The molecule has 3 nitrogen and oxygen atoms in total. The van der Waals surface area contributed by atoms with Gasteiger partial charge in [0, 0.05) is 15.8 Å². The van der Waals surface area contributed by atoms with E-state index < -0.39 is 0 Å². The minimum absolute atomic E-state index is 0.00517. The van der Waals surface area contributed by atoms with Gasteiger partial charge in [0.25, 0.3) is 0 Å². The number of hydrogen-bond donors (Lipinski definition) is 2. The molecule has 0 saturated heterocycles. The fourth-order valence-electron chi connectivity index (χ4n) is 1.74. The van der Waals surface area contributed by atoms with Crippen LogP contribution in [0.5, 0.6) is 0 Å². The topological polar surface area (TPSA) is 55.1 Å². The van der Waals surface area contributed by atoms with Crippen LogP contribution in [0.2, 0.25) is 0 Å². The molecule has 5 heteroatoms. The van der Waals surface area contributed by atoms with E-state index >= 15 is 0 Å². The van der Waals surface area contributed by atoms with E-state index in [0.717, 1.165) is 17.3 Å². The number of nitrogens with two attached hydrogens (primary N) is 1. The van der Waals surface area contributed by atoms with Gasteiger partial charge in [-0.2, -0.15) is 0 Å². The Kier molecular flexibility index (Phi) is 4.99. The van der Waals surface area contributed by atoms with Gasteiger partial charge in [-0.05, 0) is 42.5 Å². The van der Waals surface area contributed by atoms with Crippen LogP contribution in [0.1, 0.15) is 17.7 Å². The predicted octanol–water partition coefficient (Wildman–Crippen LogP) is 4.05. The number of carbonyl (C=O) groups is 1. The first-order valence-corrected chi connectivity index (χ1v) is 7.69. The lowest BCUT2D eigenvalue weighted by molar-refractivity contribution is -0.116. The standard InChI is InChI=1S/C14H15BrN2OS/c15-10-6-7-13(12(16)9-10)17-14(18)5-1-3-11-4-2-8-19-11/h2,4,6-9H,1,3,5,16H2,(H,17,18). The van der Waals surface area contributed by atoms with Gasteiger partial charge in [-0.25, -0.2) is 0 Å². The summed E-state index contributed by atoms with van der Waals surface area (Å²) in [6.07, 6.45) is 2.30. The van der Waals surface area contributed by atoms with Crippen LogP contribution in [0, 0.1) is 0 Å². The fraction of sp³-hybridized carbons (Fsp3) is 0.214. The molecule has 19 heavy (non-hydrogen) atoms. The van der Waals surface area contributed by atoms with E-state index in [2.05, 4.69) is 32.7 Å². The van der Waals surface area contributed by atoms with Crippen LogP contribution in [0.15, 0.2) is 40.2 Å². The molecule has 0 bridgehead atoms. The average molecular weight is 339 g/mol. The Bertz CT molecular complexity index is 555. The van der Waals surface area contributed by atoms with Gasteiger partial charge >= 0.3 is 0 Å². The number of aryl methyl sites for hydroxylation is 1. The summed E-state index contributed by atoms with van der Waals surface area (Å²) >= 11 is 5.06. The number of anilines is 2. The molecule has 1 aromatic carbocycles. The Labute approximate surface area is 125 Å². The summed E-state index contributed by atoms with van der Waals surface area (Å²) in [5, 5.41) is 4.89. The predicted molar refractivity (Wildman–Crippen MR) is 84.4 cm³/mol. The number of amides is 1. The van der Waals surface area contributed by atoms with Crippen molar-refractivity contribution in [3.8, 4) is 0 Å². The van der Waals surface area contributed by atoms with Crippen molar-refractivity contribution in [2.24, 2.45) is 0 Å². The third-order valence-electron chi connectivity index (χ3n) is 2.69. The molecule has 0 saturated carbocycles. The molecule has 0 spiro atoms. The summed E-state index contributed by atoms with van der Waals surface area (Å²) in [6.45, 7) is 0. The normalized spacial score (nSPS) is 10.4. The summed E-state index contributed by atoms with van der Waals surface area (Å²) in [5.41, 5.74) is 7.07. The van der Waals surface area contributed by atoms with Gasteiger partial charge in [0.15, 0.2) is 0 Å². The quantitative estimate of drug-likeness (QED) is 0.808. The van der Waals surface area contributed by atoms with E-state index in [1.54, 1.807) is 23.5 Å². The van der Waals surface area contributed by atoms with Gasteiger partial charge in [0.1, 0.15) is 0 Å². The zero-order valence-electron chi connectivity index (χ0n) is 10.4. The fourth-order valence-corrected chi connectivity index (χ4v) is 2.87. The van der Waals surface area contributed by atoms with Crippen LogP contribution in [-0.2, 0) is 11.2 Å². The maximum absolute atomic E-state index is 11.8. The Hall–Kier alpha value is -1.33. The SMILES string of the molecule is Nc1cc(Br)ccc1NC(=O)CCCc1cccs1. The number of hydrogen-bond acceptors (Lipinski definition) is 3. The van der Waals surface area contributed by atoms with Gasteiger partial charge in [-0.1, -0.05) is 22.0 Å².